The number of carbonyl (C=O) groups excluding carboxylic acids is 2. The van der Waals surface area contributed by atoms with E-state index >= 15 is 0 Å². The number of Topliss-reactive ketones (excluding diaryl/α,β-unsaturated/α-hetero) is 1. The Labute approximate surface area is 98.0 Å². The van der Waals surface area contributed by atoms with Crippen LogP contribution >= 0.6 is 0 Å². The summed E-state index contributed by atoms with van der Waals surface area (Å²) in [4.78, 5) is 32.7. The first-order valence-electron chi connectivity index (χ1n) is 4.89. The highest BCUT2D eigenvalue weighted by Gasteiger charge is 2.14. The van der Waals surface area contributed by atoms with Gasteiger partial charge in [-0.25, -0.2) is 9.59 Å². The van der Waals surface area contributed by atoms with Crippen molar-refractivity contribution in [1.82, 2.24) is 0 Å². The van der Waals surface area contributed by atoms with Gasteiger partial charge in [0, 0.05) is 6.42 Å². The molecule has 0 fully saturated rings. The average Bonchev–Trinajstić information content (AvgIpc) is 2.28. The van der Waals surface area contributed by atoms with Crippen LogP contribution in [-0.2, 0) is 20.7 Å². The van der Waals surface area contributed by atoms with Gasteiger partial charge in [0.2, 0.25) is 5.78 Å². The van der Waals surface area contributed by atoms with Crippen LogP contribution in [0.4, 0.5) is 0 Å². The van der Waals surface area contributed by atoms with Crippen LogP contribution in [0.1, 0.15) is 21.5 Å². The summed E-state index contributed by atoms with van der Waals surface area (Å²) >= 11 is 0. The zero-order chi connectivity index (χ0) is 13.0. The van der Waals surface area contributed by atoms with E-state index in [1.54, 1.807) is 19.1 Å². The van der Waals surface area contributed by atoms with E-state index in [1.165, 1.54) is 13.2 Å². The zero-order valence-electron chi connectivity index (χ0n) is 9.52. The molecule has 0 bridgehead atoms. The number of hydrogen-bond acceptors (Lipinski definition) is 4. The Kier molecular flexibility index (Phi) is 3.98. The third-order valence-corrected chi connectivity index (χ3v) is 2.30. The van der Waals surface area contributed by atoms with Gasteiger partial charge >= 0.3 is 11.9 Å². The molecule has 0 aliphatic carbocycles. The van der Waals surface area contributed by atoms with Crippen molar-refractivity contribution >= 4 is 17.7 Å². The van der Waals surface area contributed by atoms with Gasteiger partial charge in [0.25, 0.3) is 0 Å². The number of aryl methyl sites for hydroxylation is 1. The van der Waals surface area contributed by atoms with E-state index in [4.69, 9.17) is 5.11 Å². The Hall–Kier alpha value is -2.17. The third-order valence-electron chi connectivity index (χ3n) is 2.30. The van der Waals surface area contributed by atoms with Gasteiger partial charge in [-0.15, -0.1) is 0 Å². The predicted octanol–water partition coefficient (Wildman–Crippen LogP) is 0.978. The molecule has 0 aliphatic heterocycles. The topological polar surface area (TPSA) is 80.7 Å². The quantitative estimate of drug-likeness (QED) is 0.622. The maximum atomic E-state index is 11.3. The largest absolute Gasteiger partial charge is 0.475 e. The Balaban J connectivity index is 2.93. The smallest absolute Gasteiger partial charge is 0.372 e. The Morgan fingerprint density at radius 3 is 2.41 bits per heavy atom. The molecule has 1 rings (SSSR count). The second-order valence-electron chi connectivity index (χ2n) is 3.55. The first-order chi connectivity index (χ1) is 7.95. The van der Waals surface area contributed by atoms with Crippen molar-refractivity contribution in [2.45, 2.75) is 13.3 Å². The maximum absolute atomic E-state index is 11.3. The monoisotopic (exact) mass is 236 g/mol. The lowest BCUT2D eigenvalue weighted by Crippen LogP contribution is -2.15. The van der Waals surface area contributed by atoms with Crippen LogP contribution in [-0.4, -0.2) is 29.9 Å². The fourth-order valence-corrected chi connectivity index (χ4v) is 1.44. The normalized spacial score (nSPS) is 9.76. The Bertz CT molecular complexity index is 476. The number of ketones is 1. The highest BCUT2D eigenvalue weighted by atomic mass is 16.5. The summed E-state index contributed by atoms with van der Waals surface area (Å²) in [5, 5.41) is 8.47. The van der Waals surface area contributed by atoms with Gasteiger partial charge < -0.3 is 9.84 Å². The van der Waals surface area contributed by atoms with E-state index < -0.39 is 17.7 Å². The van der Waals surface area contributed by atoms with E-state index in [0.717, 1.165) is 0 Å². The van der Waals surface area contributed by atoms with Crippen molar-refractivity contribution < 1.29 is 24.2 Å². The van der Waals surface area contributed by atoms with E-state index in [9.17, 15) is 14.4 Å². The summed E-state index contributed by atoms with van der Waals surface area (Å²) in [5.74, 6) is -2.80. The summed E-state index contributed by atoms with van der Waals surface area (Å²) in [7, 11) is 1.28. The summed E-state index contributed by atoms with van der Waals surface area (Å²) in [6.07, 6.45) is -0.183. The number of methoxy groups -OCH3 is 1. The number of carboxylic acids is 1. The van der Waals surface area contributed by atoms with E-state index in [1.807, 2.05) is 0 Å². The minimum atomic E-state index is -1.46. The number of esters is 1. The SMILES string of the molecule is COC(=O)c1ccc(CC(=O)C(=O)O)cc1C. The first-order valence-corrected chi connectivity index (χ1v) is 4.89. The molecule has 0 aromatic heterocycles. The number of benzene rings is 1. The second-order valence-corrected chi connectivity index (χ2v) is 3.55. The van der Waals surface area contributed by atoms with Crippen LogP contribution in [0.25, 0.3) is 0 Å². The molecule has 5 heteroatoms. The van der Waals surface area contributed by atoms with Crippen LogP contribution in [0, 0.1) is 6.92 Å². The van der Waals surface area contributed by atoms with E-state index in [0.29, 0.717) is 16.7 Å². The van der Waals surface area contributed by atoms with Crippen molar-refractivity contribution in [3.8, 4) is 0 Å². The fourth-order valence-electron chi connectivity index (χ4n) is 1.44. The predicted molar refractivity (Wildman–Crippen MR) is 58.9 cm³/mol. The van der Waals surface area contributed by atoms with Crippen LogP contribution in [0.5, 0.6) is 0 Å². The Morgan fingerprint density at radius 2 is 1.94 bits per heavy atom. The molecule has 0 radical (unpaired) electrons. The zero-order valence-corrected chi connectivity index (χ0v) is 9.52. The first kappa shape index (κ1) is 12.9. The minimum absolute atomic E-state index is 0.183. The molecule has 1 aromatic carbocycles. The molecule has 0 amide bonds. The summed E-state index contributed by atoms with van der Waals surface area (Å²) in [6, 6.07) is 4.67. The molecule has 5 nitrogen and oxygen atoms in total. The lowest BCUT2D eigenvalue weighted by Gasteiger charge is -2.05. The molecule has 0 saturated carbocycles. The molecular weight excluding hydrogens is 224 g/mol. The highest BCUT2D eigenvalue weighted by molar-refractivity contribution is 6.33. The molecule has 0 atom stereocenters. The molecule has 0 spiro atoms. The number of rotatable bonds is 4. The number of aliphatic carboxylic acids is 1. The van der Waals surface area contributed by atoms with Crippen molar-refractivity contribution in [1.29, 1.82) is 0 Å². The van der Waals surface area contributed by atoms with E-state index in [-0.39, 0.29) is 6.42 Å². The van der Waals surface area contributed by atoms with Crippen molar-refractivity contribution in [3.05, 3.63) is 34.9 Å². The van der Waals surface area contributed by atoms with Gasteiger partial charge in [-0.2, -0.15) is 0 Å². The van der Waals surface area contributed by atoms with Gasteiger partial charge in [0.1, 0.15) is 0 Å². The summed E-state index contributed by atoms with van der Waals surface area (Å²) < 4.78 is 4.58. The van der Waals surface area contributed by atoms with Crippen LogP contribution in [0.3, 0.4) is 0 Å². The molecule has 1 N–H and O–H groups in total. The van der Waals surface area contributed by atoms with Gasteiger partial charge in [-0.1, -0.05) is 12.1 Å². The van der Waals surface area contributed by atoms with Crippen molar-refractivity contribution in [3.63, 3.8) is 0 Å². The van der Waals surface area contributed by atoms with Gasteiger partial charge in [0.15, 0.2) is 0 Å². The lowest BCUT2D eigenvalue weighted by atomic mass is 10.0. The summed E-state index contributed by atoms with van der Waals surface area (Å²) in [6.45, 7) is 1.70. The molecule has 0 aliphatic rings. The number of hydrogen-bond donors (Lipinski definition) is 1. The number of carbonyl (C=O) groups is 3. The van der Waals surface area contributed by atoms with Crippen molar-refractivity contribution in [2.75, 3.05) is 7.11 Å². The van der Waals surface area contributed by atoms with Crippen LogP contribution in [0.15, 0.2) is 18.2 Å². The number of ether oxygens (including phenoxy) is 1. The number of carboxylic acid groups (broad SMARTS) is 1. The molecule has 0 unspecified atom stereocenters. The fraction of sp³-hybridized carbons (Fsp3) is 0.250. The molecule has 0 heterocycles. The lowest BCUT2D eigenvalue weighted by molar-refractivity contribution is -0.148. The van der Waals surface area contributed by atoms with Crippen LogP contribution < -0.4 is 0 Å². The average molecular weight is 236 g/mol. The molecule has 17 heavy (non-hydrogen) atoms. The molecule has 1 aromatic rings. The highest BCUT2D eigenvalue weighted by Crippen LogP contribution is 2.13. The maximum Gasteiger partial charge on any atom is 0.372 e. The third kappa shape index (κ3) is 3.14. The van der Waals surface area contributed by atoms with Gasteiger partial charge in [0.05, 0.1) is 12.7 Å². The summed E-state index contributed by atoms with van der Waals surface area (Å²) in [5.41, 5.74) is 1.61. The minimum Gasteiger partial charge on any atom is -0.475 e. The Morgan fingerprint density at radius 1 is 1.29 bits per heavy atom. The van der Waals surface area contributed by atoms with Crippen LogP contribution in [0.2, 0.25) is 0 Å². The molecular formula is C12H12O5. The molecule has 90 valence electrons. The standard InChI is InChI=1S/C12H12O5/c1-7-5-8(6-10(13)11(14)15)3-4-9(7)12(16)17-2/h3-5H,6H2,1-2H3,(H,14,15). The second kappa shape index (κ2) is 5.25. The van der Waals surface area contributed by atoms with Crippen molar-refractivity contribution in [2.24, 2.45) is 0 Å². The van der Waals surface area contributed by atoms with E-state index in [2.05, 4.69) is 4.74 Å². The molecule has 0 saturated heterocycles. The van der Waals surface area contributed by atoms with Gasteiger partial charge in [-0.05, 0) is 24.1 Å². The van der Waals surface area contributed by atoms with Gasteiger partial charge in [-0.3, -0.25) is 4.79 Å².